The summed E-state index contributed by atoms with van der Waals surface area (Å²) in [5.74, 6) is 0.196. The van der Waals surface area contributed by atoms with E-state index in [0.717, 1.165) is 62.1 Å². The minimum absolute atomic E-state index is 0.00155. The highest BCUT2D eigenvalue weighted by Gasteiger charge is 2.17. The average Bonchev–Trinajstić information content (AvgIpc) is 3.14. The van der Waals surface area contributed by atoms with Gasteiger partial charge in [-0.15, -0.1) is 5.11 Å². The largest absolute Gasteiger partial charge is 0.326 e. The van der Waals surface area contributed by atoms with Gasteiger partial charge in [0.05, 0.1) is 22.8 Å². The lowest BCUT2D eigenvalue weighted by Crippen LogP contribution is -2.25. The first kappa shape index (κ1) is 39.0. The standard InChI is InChI=1S/C40H48N10O4/c1-5-9-13-25(7-3)32-23-35(51)45-37(42-32)47-39(53)41-29-19-20-31(50-49-30-18-17-27-15-11-12-16-28(27)21-30)34(22-29)44-40(54)48-38-43-33(24-36(52)46-38)26(8-4)14-10-6-2/h11-12,15-26H,5-10,13-14H2,1-4H3,(H3,41,42,45,47,51,53)(H3,43,44,46,48,52,54). The van der Waals surface area contributed by atoms with Gasteiger partial charge in [-0.1, -0.05) is 83.7 Å². The van der Waals surface area contributed by atoms with Gasteiger partial charge in [-0.2, -0.15) is 5.11 Å². The molecule has 0 aliphatic heterocycles. The summed E-state index contributed by atoms with van der Waals surface area (Å²) in [5, 5.41) is 21.6. The number of anilines is 4. The van der Waals surface area contributed by atoms with Crippen molar-refractivity contribution in [2.45, 2.75) is 90.9 Å². The van der Waals surface area contributed by atoms with Crippen LogP contribution in [-0.4, -0.2) is 32.0 Å². The number of unbranched alkanes of at least 4 members (excludes halogenated alkanes) is 2. The minimum Gasteiger partial charge on any atom is -0.308 e. The maximum atomic E-state index is 13.4. The zero-order valence-corrected chi connectivity index (χ0v) is 31.2. The third-order valence-electron chi connectivity index (χ3n) is 9.13. The number of nitrogens with zero attached hydrogens (tertiary/aromatic N) is 4. The zero-order valence-electron chi connectivity index (χ0n) is 31.2. The molecule has 54 heavy (non-hydrogen) atoms. The predicted octanol–water partition coefficient (Wildman–Crippen LogP) is 10.1. The molecule has 0 aliphatic rings. The van der Waals surface area contributed by atoms with Crippen LogP contribution in [0.25, 0.3) is 10.8 Å². The maximum absolute atomic E-state index is 13.4. The van der Waals surface area contributed by atoms with Crippen LogP contribution < -0.4 is 32.4 Å². The number of aromatic nitrogens is 4. The number of nitrogens with one attached hydrogen (secondary N) is 6. The Labute approximate surface area is 313 Å². The van der Waals surface area contributed by atoms with Crippen molar-refractivity contribution >= 4 is 57.5 Å². The number of hydrogen-bond acceptors (Lipinski definition) is 8. The van der Waals surface area contributed by atoms with Crippen LogP contribution in [0.4, 0.5) is 44.2 Å². The SMILES string of the molecule is CCCCC(CC)c1cc(=O)[nH]c(NC(=O)Nc2ccc(N=Nc3ccc4ccccc4c3)c(NC(=O)Nc3nc(C(CC)CCCC)cc(=O)[nH]3)c2)n1. The summed E-state index contributed by atoms with van der Waals surface area (Å²) >= 11 is 0. The minimum atomic E-state index is -0.701. The normalized spacial score (nSPS) is 12.4. The van der Waals surface area contributed by atoms with E-state index in [0.29, 0.717) is 28.5 Å². The summed E-state index contributed by atoms with van der Waals surface area (Å²) in [6.45, 7) is 8.30. The third kappa shape index (κ3) is 10.9. The quantitative estimate of drug-likeness (QED) is 0.0545. The summed E-state index contributed by atoms with van der Waals surface area (Å²) in [7, 11) is 0. The smallest absolute Gasteiger partial charge is 0.308 e. The van der Waals surface area contributed by atoms with Crippen molar-refractivity contribution < 1.29 is 9.59 Å². The average molecular weight is 733 g/mol. The molecule has 282 valence electrons. The molecule has 3 aromatic carbocycles. The van der Waals surface area contributed by atoms with Crippen LogP contribution in [0.2, 0.25) is 0 Å². The van der Waals surface area contributed by atoms with Crippen molar-refractivity contribution in [1.82, 2.24) is 19.9 Å². The highest BCUT2D eigenvalue weighted by molar-refractivity contribution is 6.03. The van der Waals surface area contributed by atoms with E-state index in [2.05, 4.69) is 65.3 Å². The molecule has 0 radical (unpaired) electrons. The molecule has 0 saturated heterocycles. The molecule has 2 aromatic heterocycles. The summed E-state index contributed by atoms with van der Waals surface area (Å²) in [6.07, 6.45) is 7.42. The molecule has 0 fully saturated rings. The van der Waals surface area contributed by atoms with Gasteiger partial charge in [0.2, 0.25) is 11.9 Å². The van der Waals surface area contributed by atoms with Gasteiger partial charge < -0.3 is 10.6 Å². The fraction of sp³-hybridized carbons (Fsp3) is 0.350. The highest BCUT2D eigenvalue weighted by atomic mass is 16.2. The summed E-state index contributed by atoms with van der Waals surface area (Å²) < 4.78 is 0. The molecule has 6 N–H and O–H groups in total. The summed E-state index contributed by atoms with van der Waals surface area (Å²) in [4.78, 5) is 65.7. The van der Waals surface area contributed by atoms with Crippen molar-refractivity contribution in [2.75, 3.05) is 21.3 Å². The Balaban J connectivity index is 1.38. The molecule has 2 heterocycles. The van der Waals surface area contributed by atoms with E-state index >= 15 is 0 Å². The van der Waals surface area contributed by atoms with Gasteiger partial charge in [0, 0.05) is 29.7 Å². The second kappa shape index (κ2) is 19.1. The molecule has 0 spiro atoms. The number of rotatable bonds is 16. The summed E-state index contributed by atoms with van der Waals surface area (Å²) in [6, 6.07) is 19.9. The number of aromatic amines is 2. The Kier molecular flexibility index (Phi) is 13.8. The number of azo groups is 1. The van der Waals surface area contributed by atoms with E-state index in [1.807, 2.05) is 56.3 Å². The van der Waals surface area contributed by atoms with Gasteiger partial charge >= 0.3 is 12.1 Å². The Morgan fingerprint density at radius 2 is 1.22 bits per heavy atom. The Hall–Kier alpha value is -6.18. The van der Waals surface area contributed by atoms with Crippen molar-refractivity contribution in [2.24, 2.45) is 10.2 Å². The van der Waals surface area contributed by atoms with Crippen LogP contribution in [0, 0.1) is 0 Å². The predicted molar refractivity (Wildman–Crippen MR) is 215 cm³/mol. The number of urea groups is 2. The number of H-pyrrole nitrogens is 2. The number of amides is 4. The lowest BCUT2D eigenvalue weighted by Gasteiger charge is -2.15. The summed E-state index contributed by atoms with van der Waals surface area (Å²) in [5.41, 5.74) is 1.89. The van der Waals surface area contributed by atoms with Gasteiger partial charge in [0.15, 0.2) is 0 Å². The molecule has 0 aliphatic carbocycles. The third-order valence-corrected chi connectivity index (χ3v) is 9.13. The van der Waals surface area contributed by atoms with Gasteiger partial charge in [-0.25, -0.2) is 19.6 Å². The molecule has 4 amide bonds. The molecule has 2 unspecified atom stereocenters. The lowest BCUT2D eigenvalue weighted by molar-refractivity contribution is 0.261. The molecular formula is C40H48N10O4. The van der Waals surface area contributed by atoms with E-state index in [1.165, 1.54) is 18.2 Å². The molecular weight excluding hydrogens is 685 g/mol. The fourth-order valence-corrected chi connectivity index (χ4v) is 6.20. The van der Waals surface area contributed by atoms with Gasteiger partial charge in [-0.3, -0.25) is 30.2 Å². The van der Waals surface area contributed by atoms with E-state index < -0.39 is 12.1 Å². The number of hydrogen-bond donors (Lipinski definition) is 6. The van der Waals surface area contributed by atoms with Gasteiger partial charge in [-0.05, 0) is 66.8 Å². The fourth-order valence-electron chi connectivity index (χ4n) is 6.20. The second-order valence-electron chi connectivity index (χ2n) is 13.2. The number of carbonyl (C=O) groups is 2. The van der Waals surface area contributed by atoms with E-state index in [1.54, 1.807) is 12.1 Å². The first-order valence-corrected chi connectivity index (χ1v) is 18.6. The monoisotopic (exact) mass is 732 g/mol. The first-order chi connectivity index (χ1) is 26.2. The van der Waals surface area contributed by atoms with Crippen LogP contribution in [0.15, 0.2) is 92.6 Å². The molecule has 5 rings (SSSR count). The Morgan fingerprint density at radius 3 is 1.80 bits per heavy atom. The van der Waals surface area contributed by atoms with Crippen LogP contribution in [0.3, 0.4) is 0 Å². The molecule has 2 atom stereocenters. The molecule has 0 bridgehead atoms. The van der Waals surface area contributed by atoms with Crippen LogP contribution in [0.1, 0.15) is 102 Å². The number of fused-ring (bicyclic) bond motifs is 1. The molecule has 14 nitrogen and oxygen atoms in total. The molecule has 5 aromatic rings. The topological polar surface area (TPSA) is 198 Å². The zero-order chi connectivity index (χ0) is 38.5. The van der Waals surface area contributed by atoms with Crippen molar-refractivity contribution in [3.63, 3.8) is 0 Å². The van der Waals surface area contributed by atoms with E-state index in [-0.39, 0.29) is 40.5 Å². The first-order valence-electron chi connectivity index (χ1n) is 18.6. The molecule has 0 saturated carbocycles. The van der Waals surface area contributed by atoms with Crippen LogP contribution >= 0.6 is 0 Å². The van der Waals surface area contributed by atoms with Gasteiger partial charge in [0.1, 0.15) is 5.69 Å². The highest BCUT2D eigenvalue weighted by Crippen LogP contribution is 2.32. The van der Waals surface area contributed by atoms with Crippen molar-refractivity contribution in [3.8, 4) is 0 Å². The Morgan fingerprint density at radius 1 is 0.648 bits per heavy atom. The maximum Gasteiger partial charge on any atom is 0.326 e. The van der Waals surface area contributed by atoms with Crippen molar-refractivity contribution in [3.05, 3.63) is 105 Å². The van der Waals surface area contributed by atoms with E-state index in [4.69, 9.17) is 0 Å². The number of carbonyl (C=O) groups excluding carboxylic acids is 2. The van der Waals surface area contributed by atoms with E-state index in [9.17, 15) is 19.2 Å². The van der Waals surface area contributed by atoms with Gasteiger partial charge in [0.25, 0.3) is 11.1 Å². The Bertz CT molecular complexity index is 2210. The van der Waals surface area contributed by atoms with Crippen LogP contribution in [-0.2, 0) is 0 Å². The lowest BCUT2D eigenvalue weighted by atomic mass is 9.96. The number of benzene rings is 3. The van der Waals surface area contributed by atoms with Crippen molar-refractivity contribution in [1.29, 1.82) is 0 Å². The molecule has 14 heteroatoms. The van der Waals surface area contributed by atoms with Crippen LogP contribution in [0.5, 0.6) is 0 Å². The second-order valence-corrected chi connectivity index (χ2v) is 13.2.